The van der Waals surface area contributed by atoms with Crippen molar-refractivity contribution in [3.8, 4) is 11.6 Å². The Labute approximate surface area is 135 Å². The predicted molar refractivity (Wildman–Crippen MR) is 89.2 cm³/mol. The highest BCUT2D eigenvalue weighted by molar-refractivity contribution is 5.57. The number of methoxy groups -OCH3 is 1. The van der Waals surface area contributed by atoms with Crippen LogP contribution in [-0.4, -0.2) is 25.6 Å². The smallest absolute Gasteiger partial charge is 0.221 e. The molecular formula is C16H22N4O3. The highest BCUT2D eigenvalue weighted by atomic mass is 16.5. The van der Waals surface area contributed by atoms with Gasteiger partial charge < -0.3 is 14.8 Å². The SMILES string of the molecule is CNc1cccc(OC)c1COc1ncccc1C.NNC=O. The molecule has 1 aromatic heterocycles. The Morgan fingerprint density at radius 3 is 2.61 bits per heavy atom. The van der Waals surface area contributed by atoms with Gasteiger partial charge in [0.15, 0.2) is 0 Å². The second-order valence-corrected chi connectivity index (χ2v) is 4.44. The lowest BCUT2D eigenvalue weighted by Crippen LogP contribution is -2.18. The third-order valence-electron chi connectivity index (χ3n) is 3.00. The molecule has 0 fully saturated rings. The number of carbonyl (C=O) groups is 1. The van der Waals surface area contributed by atoms with E-state index in [4.69, 9.17) is 14.3 Å². The van der Waals surface area contributed by atoms with Crippen molar-refractivity contribution in [2.45, 2.75) is 13.5 Å². The molecule has 0 aliphatic heterocycles. The zero-order chi connectivity index (χ0) is 17.1. The first kappa shape index (κ1) is 18.2. The Kier molecular flexibility index (Phi) is 7.95. The number of anilines is 1. The second kappa shape index (κ2) is 10.0. The van der Waals surface area contributed by atoms with Gasteiger partial charge in [-0.3, -0.25) is 10.2 Å². The van der Waals surface area contributed by atoms with Crippen molar-refractivity contribution in [1.82, 2.24) is 10.4 Å². The third-order valence-corrected chi connectivity index (χ3v) is 3.00. The van der Waals surface area contributed by atoms with E-state index in [1.165, 1.54) is 0 Å². The van der Waals surface area contributed by atoms with Crippen molar-refractivity contribution in [2.75, 3.05) is 19.5 Å². The molecule has 23 heavy (non-hydrogen) atoms. The maximum Gasteiger partial charge on any atom is 0.221 e. The van der Waals surface area contributed by atoms with Gasteiger partial charge >= 0.3 is 0 Å². The summed E-state index contributed by atoms with van der Waals surface area (Å²) in [5.41, 5.74) is 4.74. The highest BCUT2D eigenvalue weighted by Crippen LogP contribution is 2.27. The highest BCUT2D eigenvalue weighted by Gasteiger charge is 2.10. The van der Waals surface area contributed by atoms with E-state index in [0.717, 1.165) is 22.6 Å². The Morgan fingerprint density at radius 1 is 1.30 bits per heavy atom. The van der Waals surface area contributed by atoms with Gasteiger partial charge in [0.1, 0.15) is 12.4 Å². The zero-order valence-corrected chi connectivity index (χ0v) is 13.5. The van der Waals surface area contributed by atoms with Gasteiger partial charge in [-0.25, -0.2) is 10.8 Å². The molecule has 4 N–H and O–H groups in total. The fourth-order valence-corrected chi connectivity index (χ4v) is 1.90. The summed E-state index contributed by atoms with van der Waals surface area (Å²) in [6, 6.07) is 9.73. The first-order chi connectivity index (χ1) is 11.2. The molecule has 7 nitrogen and oxygen atoms in total. The number of hydrogen-bond donors (Lipinski definition) is 3. The molecule has 1 aromatic carbocycles. The summed E-state index contributed by atoms with van der Waals surface area (Å²) in [4.78, 5) is 13.2. The largest absolute Gasteiger partial charge is 0.496 e. The first-order valence-corrected chi connectivity index (χ1v) is 6.95. The number of aryl methyl sites for hydroxylation is 1. The molecule has 0 saturated heterocycles. The summed E-state index contributed by atoms with van der Waals surface area (Å²) in [7, 11) is 3.54. The van der Waals surface area contributed by atoms with Crippen molar-refractivity contribution in [3.63, 3.8) is 0 Å². The number of pyridine rings is 1. The number of hydrazine groups is 1. The Morgan fingerprint density at radius 2 is 2.04 bits per heavy atom. The van der Waals surface area contributed by atoms with Gasteiger partial charge in [0, 0.05) is 24.5 Å². The number of benzene rings is 1. The van der Waals surface area contributed by atoms with E-state index < -0.39 is 0 Å². The number of amides is 1. The molecule has 2 rings (SSSR count). The van der Waals surface area contributed by atoms with Crippen LogP contribution in [0, 0.1) is 6.92 Å². The van der Waals surface area contributed by atoms with Gasteiger partial charge in [0.05, 0.1) is 12.7 Å². The third kappa shape index (κ3) is 5.48. The van der Waals surface area contributed by atoms with Crippen LogP contribution in [0.1, 0.15) is 11.1 Å². The van der Waals surface area contributed by atoms with Gasteiger partial charge in [-0.1, -0.05) is 12.1 Å². The van der Waals surface area contributed by atoms with Gasteiger partial charge in [0.2, 0.25) is 12.3 Å². The monoisotopic (exact) mass is 318 g/mol. The first-order valence-electron chi connectivity index (χ1n) is 6.95. The normalized spacial score (nSPS) is 9.22. The fourth-order valence-electron chi connectivity index (χ4n) is 1.90. The van der Waals surface area contributed by atoms with E-state index in [1.54, 1.807) is 18.7 Å². The Bertz CT molecular complexity index is 598. The molecule has 1 heterocycles. The average molecular weight is 318 g/mol. The van der Waals surface area contributed by atoms with Gasteiger partial charge in [-0.05, 0) is 25.1 Å². The average Bonchev–Trinajstić information content (AvgIpc) is 2.60. The maximum atomic E-state index is 8.94. The number of carbonyl (C=O) groups excluding carboxylic acids is 1. The summed E-state index contributed by atoms with van der Waals surface area (Å²) in [6.45, 7) is 2.39. The molecule has 1 amide bonds. The maximum absolute atomic E-state index is 8.94. The minimum atomic E-state index is 0.403. The lowest BCUT2D eigenvalue weighted by atomic mass is 10.1. The summed E-state index contributed by atoms with van der Waals surface area (Å²) < 4.78 is 11.1. The van der Waals surface area contributed by atoms with E-state index in [-0.39, 0.29) is 0 Å². The second-order valence-electron chi connectivity index (χ2n) is 4.44. The molecule has 0 unspecified atom stereocenters. The lowest BCUT2D eigenvalue weighted by Gasteiger charge is -2.14. The van der Waals surface area contributed by atoms with Crippen LogP contribution in [0.5, 0.6) is 11.6 Å². The van der Waals surface area contributed by atoms with E-state index in [1.807, 2.05) is 44.3 Å². The molecule has 2 aromatic rings. The molecule has 0 aliphatic carbocycles. The van der Waals surface area contributed by atoms with Crippen LogP contribution in [0.25, 0.3) is 0 Å². The van der Waals surface area contributed by atoms with Crippen LogP contribution in [0.4, 0.5) is 5.69 Å². The Balaban J connectivity index is 0.000000593. The number of nitrogens with zero attached hydrogens (tertiary/aromatic N) is 1. The van der Waals surface area contributed by atoms with Crippen molar-refractivity contribution in [1.29, 1.82) is 0 Å². The van der Waals surface area contributed by atoms with E-state index in [9.17, 15) is 0 Å². The standard InChI is InChI=1S/C15H18N2O2.CH4N2O/c1-11-6-5-9-17-15(11)19-10-12-13(16-2)7-4-8-14(12)18-3;2-3-1-4/h4-9,16H,10H2,1-3H3;1H,2H2,(H,3,4). The van der Waals surface area contributed by atoms with Gasteiger partial charge in [0.25, 0.3) is 0 Å². The number of rotatable bonds is 6. The summed E-state index contributed by atoms with van der Waals surface area (Å²) >= 11 is 0. The summed E-state index contributed by atoms with van der Waals surface area (Å²) in [5, 5.41) is 3.14. The topological polar surface area (TPSA) is 98.5 Å². The molecule has 0 aliphatic rings. The number of hydrogen-bond acceptors (Lipinski definition) is 6. The minimum Gasteiger partial charge on any atom is -0.496 e. The number of aromatic nitrogens is 1. The van der Waals surface area contributed by atoms with Crippen LogP contribution in [0.3, 0.4) is 0 Å². The molecule has 124 valence electrons. The molecule has 0 atom stereocenters. The van der Waals surface area contributed by atoms with Crippen LogP contribution >= 0.6 is 0 Å². The molecule has 0 spiro atoms. The molecule has 7 heteroatoms. The van der Waals surface area contributed by atoms with E-state index in [0.29, 0.717) is 18.9 Å². The van der Waals surface area contributed by atoms with E-state index in [2.05, 4.69) is 16.1 Å². The van der Waals surface area contributed by atoms with E-state index >= 15 is 0 Å². The van der Waals surface area contributed by atoms with Crippen molar-refractivity contribution >= 4 is 12.1 Å². The molecule has 0 bridgehead atoms. The van der Waals surface area contributed by atoms with Crippen LogP contribution in [0.2, 0.25) is 0 Å². The van der Waals surface area contributed by atoms with Crippen molar-refractivity contribution in [2.24, 2.45) is 5.84 Å². The number of nitrogens with one attached hydrogen (secondary N) is 2. The van der Waals surface area contributed by atoms with Crippen LogP contribution in [-0.2, 0) is 11.4 Å². The summed E-state index contributed by atoms with van der Waals surface area (Å²) in [6.07, 6.45) is 2.13. The molecule has 0 radical (unpaired) electrons. The van der Waals surface area contributed by atoms with Crippen LogP contribution in [0.15, 0.2) is 36.5 Å². The number of nitrogens with two attached hydrogens (primary N) is 1. The fraction of sp³-hybridized carbons (Fsp3) is 0.250. The lowest BCUT2D eigenvalue weighted by molar-refractivity contribution is -0.109. The molecular weight excluding hydrogens is 296 g/mol. The van der Waals surface area contributed by atoms with Crippen molar-refractivity contribution in [3.05, 3.63) is 47.7 Å². The van der Waals surface area contributed by atoms with Gasteiger partial charge in [-0.15, -0.1) is 0 Å². The Hall–Kier alpha value is -2.80. The molecule has 0 saturated carbocycles. The number of ether oxygens (including phenoxy) is 2. The minimum absolute atomic E-state index is 0.403. The zero-order valence-electron chi connectivity index (χ0n) is 13.5. The quantitative estimate of drug-likeness (QED) is 0.324. The predicted octanol–water partition coefficient (Wildman–Crippen LogP) is 1.63. The van der Waals surface area contributed by atoms with Gasteiger partial charge in [-0.2, -0.15) is 0 Å². The van der Waals surface area contributed by atoms with Crippen LogP contribution < -0.4 is 26.1 Å². The van der Waals surface area contributed by atoms with Crippen molar-refractivity contribution < 1.29 is 14.3 Å². The summed E-state index contributed by atoms with van der Waals surface area (Å²) in [5.74, 6) is 5.86.